The van der Waals surface area contributed by atoms with E-state index in [0.717, 1.165) is 16.6 Å². The molecule has 0 aliphatic rings. The number of carbonyl (C=O) groups is 2. The lowest BCUT2D eigenvalue weighted by Gasteiger charge is -2.11. The molecule has 1 amide bonds. The minimum atomic E-state index is -0.823. The Hall–Kier alpha value is -3.22. The molecule has 3 rings (SSSR count). The van der Waals surface area contributed by atoms with E-state index in [4.69, 9.17) is 5.11 Å². The Balaban J connectivity index is 1.77. The highest BCUT2D eigenvalue weighted by molar-refractivity contribution is 6.06. The molecule has 0 radical (unpaired) electrons. The van der Waals surface area contributed by atoms with Crippen molar-refractivity contribution in [2.75, 3.05) is 5.32 Å². The molecule has 28 heavy (non-hydrogen) atoms. The molecule has 1 unspecified atom stereocenters. The maximum absolute atomic E-state index is 12.7. The molecule has 0 fully saturated rings. The number of hydrogen-bond acceptors (Lipinski definition) is 4. The molecule has 7 heteroatoms. The Morgan fingerprint density at radius 1 is 1.18 bits per heavy atom. The number of aryl methyl sites for hydroxylation is 1. The summed E-state index contributed by atoms with van der Waals surface area (Å²) in [5, 5.41) is 17.0. The van der Waals surface area contributed by atoms with Crippen LogP contribution < -0.4 is 5.32 Å². The van der Waals surface area contributed by atoms with E-state index in [0.29, 0.717) is 23.4 Å². The van der Waals surface area contributed by atoms with Gasteiger partial charge in [-0.2, -0.15) is 5.10 Å². The number of carboxylic acids is 1. The highest BCUT2D eigenvalue weighted by Gasteiger charge is 2.16. The zero-order chi connectivity index (χ0) is 20.4. The first-order valence-electron chi connectivity index (χ1n) is 9.24. The van der Waals surface area contributed by atoms with E-state index in [1.807, 2.05) is 43.7 Å². The first kappa shape index (κ1) is 19.5. The zero-order valence-corrected chi connectivity index (χ0v) is 16.4. The van der Waals surface area contributed by atoms with Crippen LogP contribution in [0.1, 0.15) is 48.4 Å². The minimum absolute atomic E-state index is 0.187. The van der Waals surface area contributed by atoms with Gasteiger partial charge in [0.1, 0.15) is 0 Å². The van der Waals surface area contributed by atoms with Crippen LogP contribution in [-0.2, 0) is 11.2 Å². The van der Waals surface area contributed by atoms with E-state index in [1.165, 1.54) is 0 Å². The highest BCUT2D eigenvalue weighted by Crippen LogP contribution is 2.21. The van der Waals surface area contributed by atoms with Gasteiger partial charge in [0.2, 0.25) is 0 Å². The summed E-state index contributed by atoms with van der Waals surface area (Å²) >= 11 is 0. The van der Waals surface area contributed by atoms with Gasteiger partial charge in [-0.15, -0.1) is 0 Å². The first-order valence-corrected chi connectivity index (χ1v) is 9.24. The Labute approximate surface area is 163 Å². The first-order chi connectivity index (χ1) is 13.3. The van der Waals surface area contributed by atoms with E-state index in [-0.39, 0.29) is 11.9 Å². The van der Waals surface area contributed by atoms with Gasteiger partial charge in [0.05, 0.1) is 23.4 Å². The second-order valence-corrected chi connectivity index (χ2v) is 7.31. The van der Waals surface area contributed by atoms with Crippen LogP contribution >= 0.6 is 0 Å². The van der Waals surface area contributed by atoms with Gasteiger partial charge in [-0.05, 0) is 51.0 Å². The molecule has 0 saturated heterocycles. The van der Waals surface area contributed by atoms with Gasteiger partial charge in [-0.3, -0.25) is 9.59 Å². The molecule has 2 heterocycles. The number of carbonyl (C=O) groups excluding carboxylic acids is 1. The fraction of sp³-hybridized carbons (Fsp3) is 0.333. The lowest BCUT2D eigenvalue weighted by atomic mass is 10.0. The van der Waals surface area contributed by atoms with Crippen molar-refractivity contribution in [1.29, 1.82) is 0 Å². The average molecular weight is 380 g/mol. The lowest BCUT2D eigenvalue weighted by Crippen LogP contribution is -2.15. The van der Waals surface area contributed by atoms with Crippen LogP contribution in [0.25, 0.3) is 11.0 Å². The summed E-state index contributed by atoms with van der Waals surface area (Å²) in [5.41, 5.74) is 3.46. The van der Waals surface area contributed by atoms with Crippen molar-refractivity contribution in [3.05, 3.63) is 53.3 Å². The number of pyridine rings is 1. The van der Waals surface area contributed by atoms with Gasteiger partial charge in [-0.1, -0.05) is 19.1 Å². The number of carboxylic acid groups (broad SMARTS) is 1. The van der Waals surface area contributed by atoms with E-state index in [9.17, 15) is 9.59 Å². The molecule has 2 N–H and O–H groups in total. The van der Waals surface area contributed by atoms with E-state index < -0.39 is 11.9 Å². The van der Waals surface area contributed by atoms with Crippen LogP contribution in [0.4, 0.5) is 5.69 Å². The second-order valence-electron chi connectivity index (χ2n) is 7.31. The van der Waals surface area contributed by atoms with Crippen LogP contribution in [0.2, 0.25) is 0 Å². The third-order valence-corrected chi connectivity index (χ3v) is 4.67. The van der Waals surface area contributed by atoms with Crippen LogP contribution in [0, 0.1) is 12.8 Å². The summed E-state index contributed by atoms with van der Waals surface area (Å²) in [4.78, 5) is 28.2. The number of fused-ring (bicyclic) bond motifs is 1. The SMILES string of the molecule is Cc1nc2c(cnn2C(C)C)cc1C(=O)Nc1ccc(CC(C)C(=O)O)cc1. The Kier molecular flexibility index (Phi) is 5.44. The molecular formula is C21H24N4O3. The van der Waals surface area contributed by atoms with Crippen LogP contribution in [0.3, 0.4) is 0 Å². The standard InChI is InChI=1S/C21H24N4O3/c1-12(2)25-19-16(11-22-25)10-18(14(4)23-19)20(26)24-17-7-5-15(6-8-17)9-13(3)21(27)28/h5-8,10-13H,9H2,1-4H3,(H,24,26)(H,27,28). The van der Waals surface area contributed by atoms with Crippen LogP contribution in [-0.4, -0.2) is 31.7 Å². The molecule has 1 aromatic carbocycles. The van der Waals surface area contributed by atoms with Crippen molar-refractivity contribution in [2.24, 2.45) is 5.92 Å². The Bertz CT molecular complexity index is 1020. The quantitative estimate of drug-likeness (QED) is 0.677. The van der Waals surface area contributed by atoms with Crippen molar-refractivity contribution >= 4 is 28.6 Å². The second kappa shape index (κ2) is 7.80. The summed E-state index contributed by atoms with van der Waals surface area (Å²) < 4.78 is 1.83. The molecule has 1 atom stereocenters. The van der Waals surface area contributed by atoms with Gasteiger partial charge < -0.3 is 10.4 Å². The minimum Gasteiger partial charge on any atom is -0.481 e. The number of hydrogen-bond donors (Lipinski definition) is 2. The number of aromatic nitrogens is 3. The Morgan fingerprint density at radius 3 is 2.46 bits per heavy atom. The Morgan fingerprint density at radius 2 is 1.86 bits per heavy atom. The summed E-state index contributed by atoms with van der Waals surface area (Å²) in [6, 6.07) is 9.21. The van der Waals surface area contributed by atoms with Gasteiger partial charge in [-0.25, -0.2) is 9.67 Å². The van der Waals surface area contributed by atoms with E-state index in [1.54, 1.807) is 25.3 Å². The maximum Gasteiger partial charge on any atom is 0.306 e. The van der Waals surface area contributed by atoms with Crippen LogP contribution in [0.15, 0.2) is 36.5 Å². The topological polar surface area (TPSA) is 97.1 Å². The highest BCUT2D eigenvalue weighted by atomic mass is 16.4. The average Bonchev–Trinajstić information content (AvgIpc) is 3.05. The number of rotatable bonds is 6. The smallest absolute Gasteiger partial charge is 0.306 e. The molecule has 0 aliphatic carbocycles. The van der Waals surface area contributed by atoms with Gasteiger partial charge in [0.15, 0.2) is 5.65 Å². The molecule has 0 bridgehead atoms. The number of anilines is 1. The van der Waals surface area contributed by atoms with Gasteiger partial charge >= 0.3 is 5.97 Å². The molecule has 0 spiro atoms. The zero-order valence-electron chi connectivity index (χ0n) is 16.4. The van der Waals surface area contributed by atoms with Gasteiger partial charge in [0, 0.05) is 17.1 Å². The van der Waals surface area contributed by atoms with Crippen molar-refractivity contribution in [1.82, 2.24) is 14.8 Å². The number of aliphatic carboxylic acids is 1. The summed E-state index contributed by atoms with van der Waals surface area (Å²) in [6.45, 7) is 7.55. The monoisotopic (exact) mass is 380 g/mol. The predicted molar refractivity (Wildman–Crippen MR) is 108 cm³/mol. The molecule has 0 saturated carbocycles. The summed E-state index contributed by atoms with van der Waals surface area (Å²) in [5.74, 6) is -1.51. The number of benzene rings is 1. The van der Waals surface area contributed by atoms with Crippen molar-refractivity contribution in [2.45, 2.75) is 40.2 Å². The summed E-state index contributed by atoms with van der Waals surface area (Å²) in [7, 11) is 0. The normalized spacial score (nSPS) is 12.3. The van der Waals surface area contributed by atoms with E-state index in [2.05, 4.69) is 15.4 Å². The number of nitrogens with one attached hydrogen (secondary N) is 1. The lowest BCUT2D eigenvalue weighted by molar-refractivity contribution is -0.141. The van der Waals surface area contributed by atoms with Gasteiger partial charge in [0.25, 0.3) is 5.91 Å². The number of amides is 1. The third-order valence-electron chi connectivity index (χ3n) is 4.67. The molecule has 0 aliphatic heterocycles. The van der Waals surface area contributed by atoms with Crippen molar-refractivity contribution < 1.29 is 14.7 Å². The van der Waals surface area contributed by atoms with E-state index >= 15 is 0 Å². The largest absolute Gasteiger partial charge is 0.481 e. The summed E-state index contributed by atoms with van der Waals surface area (Å²) in [6.07, 6.45) is 2.17. The predicted octanol–water partition coefficient (Wildman–Crippen LogP) is 3.84. The fourth-order valence-corrected chi connectivity index (χ4v) is 3.04. The fourth-order valence-electron chi connectivity index (χ4n) is 3.04. The molecule has 3 aromatic rings. The van der Waals surface area contributed by atoms with Crippen LogP contribution in [0.5, 0.6) is 0 Å². The third kappa shape index (κ3) is 4.03. The molecular weight excluding hydrogens is 356 g/mol. The van der Waals surface area contributed by atoms with Crippen molar-refractivity contribution in [3.63, 3.8) is 0 Å². The molecule has 7 nitrogen and oxygen atoms in total. The molecule has 146 valence electrons. The molecule has 2 aromatic heterocycles. The number of nitrogens with zero attached hydrogens (tertiary/aromatic N) is 3. The van der Waals surface area contributed by atoms with Crippen molar-refractivity contribution in [3.8, 4) is 0 Å². The maximum atomic E-state index is 12.7.